The molecule has 6 nitrogen and oxygen atoms in total. The maximum Gasteiger partial charge on any atom is 0.251 e. The second-order valence-electron chi connectivity index (χ2n) is 6.90. The van der Waals surface area contributed by atoms with Crippen LogP contribution in [-0.4, -0.2) is 50.5 Å². The summed E-state index contributed by atoms with van der Waals surface area (Å²) < 4.78 is 5.71. The lowest BCUT2D eigenvalue weighted by molar-refractivity contribution is -0.121. The zero-order valence-corrected chi connectivity index (χ0v) is 16.8. The van der Waals surface area contributed by atoms with E-state index in [0.717, 1.165) is 23.4 Å². The first-order chi connectivity index (χ1) is 13.5. The molecule has 150 valence electrons. The number of hydrogen-bond acceptors (Lipinski definition) is 4. The number of likely N-dealkylation sites (N-methyl/N-ethyl adjacent to an activating group) is 1. The highest BCUT2D eigenvalue weighted by Crippen LogP contribution is 2.13. The molecule has 0 bridgehead atoms. The van der Waals surface area contributed by atoms with E-state index in [9.17, 15) is 9.59 Å². The highest BCUT2D eigenvalue weighted by atomic mass is 16.5. The predicted octanol–water partition coefficient (Wildman–Crippen LogP) is 2.37. The van der Waals surface area contributed by atoms with E-state index in [1.54, 1.807) is 6.07 Å². The first-order valence-corrected chi connectivity index (χ1v) is 9.42. The van der Waals surface area contributed by atoms with E-state index in [4.69, 9.17) is 4.74 Å². The first-order valence-electron chi connectivity index (χ1n) is 9.42. The van der Waals surface area contributed by atoms with Crippen LogP contribution in [0.15, 0.2) is 48.5 Å². The molecule has 2 amide bonds. The Morgan fingerprint density at radius 1 is 1.04 bits per heavy atom. The number of nitrogens with one attached hydrogen (secondary N) is 2. The van der Waals surface area contributed by atoms with Crippen LogP contribution in [0.1, 0.15) is 27.9 Å². The summed E-state index contributed by atoms with van der Waals surface area (Å²) in [5.41, 5.74) is 2.52. The van der Waals surface area contributed by atoms with E-state index < -0.39 is 0 Å². The van der Waals surface area contributed by atoms with Gasteiger partial charge >= 0.3 is 0 Å². The van der Waals surface area contributed by atoms with Crippen molar-refractivity contribution in [3.63, 3.8) is 0 Å². The molecule has 0 heterocycles. The van der Waals surface area contributed by atoms with Crippen molar-refractivity contribution in [1.29, 1.82) is 0 Å². The molecule has 2 aromatic carbocycles. The van der Waals surface area contributed by atoms with Crippen molar-refractivity contribution >= 4 is 11.8 Å². The lowest BCUT2D eigenvalue weighted by atomic mass is 10.1. The lowest BCUT2D eigenvalue weighted by Crippen LogP contribution is -2.30. The molecule has 0 saturated heterocycles. The fourth-order valence-corrected chi connectivity index (χ4v) is 2.59. The van der Waals surface area contributed by atoms with Crippen LogP contribution in [0.2, 0.25) is 0 Å². The van der Waals surface area contributed by atoms with Crippen molar-refractivity contribution in [3.8, 4) is 5.75 Å². The molecule has 0 aromatic heterocycles. The zero-order valence-electron chi connectivity index (χ0n) is 16.8. The number of nitrogens with zero attached hydrogens (tertiary/aromatic N) is 1. The topological polar surface area (TPSA) is 70.7 Å². The monoisotopic (exact) mass is 383 g/mol. The van der Waals surface area contributed by atoms with Crippen LogP contribution < -0.4 is 15.4 Å². The maximum atomic E-state index is 12.1. The molecular weight excluding hydrogens is 354 g/mol. The highest BCUT2D eigenvalue weighted by Gasteiger charge is 2.08. The zero-order chi connectivity index (χ0) is 20.4. The molecule has 0 spiro atoms. The molecule has 0 saturated carbocycles. The fraction of sp³-hybridized carbons (Fsp3) is 0.364. The normalized spacial score (nSPS) is 10.6. The van der Waals surface area contributed by atoms with E-state index in [1.165, 1.54) is 0 Å². The molecule has 28 heavy (non-hydrogen) atoms. The minimum absolute atomic E-state index is 0.107. The van der Waals surface area contributed by atoms with Gasteiger partial charge in [0.05, 0.1) is 0 Å². The van der Waals surface area contributed by atoms with Gasteiger partial charge in [-0.15, -0.1) is 0 Å². The predicted molar refractivity (Wildman–Crippen MR) is 110 cm³/mol. The summed E-state index contributed by atoms with van der Waals surface area (Å²) in [5, 5.41) is 5.66. The molecule has 0 aliphatic carbocycles. The van der Waals surface area contributed by atoms with Crippen LogP contribution in [0, 0.1) is 6.92 Å². The second-order valence-corrected chi connectivity index (χ2v) is 6.90. The summed E-state index contributed by atoms with van der Waals surface area (Å²) in [7, 11) is 4.00. The number of aryl methyl sites for hydroxylation is 1. The van der Waals surface area contributed by atoms with Crippen molar-refractivity contribution in [3.05, 3.63) is 65.2 Å². The summed E-state index contributed by atoms with van der Waals surface area (Å²) in [4.78, 5) is 26.2. The largest absolute Gasteiger partial charge is 0.492 e. The Hall–Kier alpha value is -2.86. The fourth-order valence-electron chi connectivity index (χ4n) is 2.59. The number of ether oxygens (including phenoxy) is 1. The van der Waals surface area contributed by atoms with Crippen molar-refractivity contribution in [1.82, 2.24) is 15.5 Å². The summed E-state index contributed by atoms with van der Waals surface area (Å²) in [6, 6.07) is 15.1. The van der Waals surface area contributed by atoms with E-state index in [1.807, 2.05) is 63.5 Å². The molecule has 0 aliphatic rings. The second kappa shape index (κ2) is 11.1. The van der Waals surface area contributed by atoms with Gasteiger partial charge in [0.2, 0.25) is 5.91 Å². The van der Waals surface area contributed by atoms with E-state index in [-0.39, 0.29) is 18.2 Å². The Bertz CT molecular complexity index is 790. The van der Waals surface area contributed by atoms with Crippen LogP contribution >= 0.6 is 0 Å². The van der Waals surface area contributed by atoms with Gasteiger partial charge in [0.1, 0.15) is 12.4 Å². The molecule has 0 fully saturated rings. The first kappa shape index (κ1) is 21.4. The maximum absolute atomic E-state index is 12.1. The van der Waals surface area contributed by atoms with Crippen LogP contribution in [-0.2, 0) is 11.3 Å². The summed E-state index contributed by atoms with van der Waals surface area (Å²) in [6.45, 7) is 4.07. The van der Waals surface area contributed by atoms with Gasteiger partial charge < -0.3 is 20.3 Å². The smallest absolute Gasteiger partial charge is 0.251 e. The van der Waals surface area contributed by atoms with E-state index in [2.05, 4.69) is 15.5 Å². The summed E-state index contributed by atoms with van der Waals surface area (Å²) in [5.74, 6) is 0.525. The Balaban J connectivity index is 1.71. The van der Waals surface area contributed by atoms with Crippen LogP contribution in [0.5, 0.6) is 5.75 Å². The summed E-state index contributed by atoms with van der Waals surface area (Å²) >= 11 is 0. The minimum Gasteiger partial charge on any atom is -0.492 e. The number of carbonyl (C=O) groups is 2. The standard InChI is InChI=1S/C22H29N3O3/c1-17-7-4-5-10-20(17)22(27)23-12-11-21(26)24-16-18-8-6-9-19(15-18)28-14-13-25(2)3/h4-10,15H,11-14,16H2,1-3H3,(H,23,27)(H,24,26). The van der Waals surface area contributed by atoms with Crippen molar-refractivity contribution in [2.75, 3.05) is 33.8 Å². The SMILES string of the molecule is Cc1ccccc1C(=O)NCCC(=O)NCc1cccc(OCCN(C)C)c1. The molecule has 0 unspecified atom stereocenters. The molecule has 2 aromatic rings. The van der Waals surface area contributed by atoms with Crippen LogP contribution in [0.3, 0.4) is 0 Å². The van der Waals surface area contributed by atoms with Crippen LogP contribution in [0.25, 0.3) is 0 Å². The highest BCUT2D eigenvalue weighted by molar-refractivity contribution is 5.95. The molecule has 6 heteroatoms. The minimum atomic E-state index is -0.159. The van der Waals surface area contributed by atoms with E-state index >= 15 is 0 Å². The third kappa shape index (κ3) is 7.40. The number of carbonyl (C=O) groups excluding carboxylic acids is 2. The number of rotatable bonds is 10. The molecule has 0 radical (unpaired) electrons. The average molecular weight is 383 g/mol. The Morgan fingerprint density at radius 3 is 2.57 bits per heavy atom. The Kier molecular flexibility index (Phi) is 8.49. The quantitative estimate of drug-likeness (QED) is 0.661. The van der Waals surface area contributed by atoms with Gasteiger partial charge in [0.15, 0.2) is 0 Å². The summed E-state index contributed by atoms with van der Waals surface area (Å²) in [6.07, 6.45) is 0.233. The lowest BCUT2D eigenvalue weighted by Gasteiger charge is -2.12. The van der Waals surface area contributed by atoms with E-state index in [0.29, 0.717) is 25.3 Å². The third-order valence-corrected chi connectivity index (χ3v) is 4.22. The van der Waals surface area contributed by atoms with Crippen LogP contribution in [0.4, 0.5) is 0 Å². The van der Waals surface area contributed by atoms with Gasteiger partial charge in [0.25, 0.3) is 5.91 Å². The molecular formula is C22H29N3O3. The Morgan fingerprint density at radius 2 is 1.82 bits per heavy atom. The van der Waals surface area contributed by atoms with Gasteiger partial charge in [-0.25, -0.2) is 0 Å². The van der Waals surface area contributed by atoms with Gasteiger partial charge in [-0.2, -0.15) is 0 Å². The van der Waals surface area contributed by atoms with Gasteiger partial charge in [-0.3, -0.25) is 9.59 Å². The van der Waals surface area contributed by atoms with Gasteiger partial charge in [0, 0.05) is 31.6 Å². The molecule has 2 rings (SSSR count). The molecule has 2 N–H and O–H groups in total. The van der Waals surface area contributed by atoms with Gasteiger partial charge in [-0.1, -0.05) is 30.3 Å². The third-order valence-electron chi connectivity index (χ3n) is 4.22. The number of hydrogen-bond donors (Lipinski definition) is 2. The van der Waals surface area contributed by atoms with Crippen molar-refractivity contribution < 1.29 is 14.3 Å². The molecule has 0 atom stereocenters. The number of benzene rings is 2. The average Bonchev–Trinajstić information content (AvgIpc) is 2.67. The molecule has 0 aliphatic heterocycles. The Labute approximate surface area is 166 Å². The van der Waals surface area contributed by atoms with Crippen molar-refractivity contribution in [2.45, 2.75) is 19.9 Å². The number of amides is 2. The van der Waals surface area contributed by atoms with Gasteiger partial charge in [-0.05, 0) is 50.3 Å². The van der Waals surface area contributed by atoms with Crippen molar-refractivity contribution in [2.24, 2.45) is 0 Å².